The summed E-state index contributed by atoms with van der Waals surface area (Å²) in [7, 11) is -2.82. The van der Waals surface area contributed by atoms with Crippen LogP contribution < -0.4 is 8.92 Å². The summed E-state index contributed by atoms with van der Waals surface area (Å²) in [5.74, 6) is 0.145. The molecular formula is C17H12Cl2O4S. The zero-order valence-electron chi connectivity index (χ0n) is 12.5. The Hall–Kier alpha value is -1.95. The fourth-order valence-corrected chi connectivity index (χ4v) is 3.83. The largest absolute Gasteiger partial charge is 0.494 e. The SMILES string of the molecule is COc1c(S(=O)(=O)Oc2ccc3ccccc3c2)ccc(Cl)c1Cl. The van der Waals surface area contributed by atoms with Crippen molar-refractivity contribution in [2.45, 2.75) is 4.90 Å². The predicted molar refractivity (Wildman–Crippen MR) is 94.8 cm³/mol. The molecule has 24 heavy (non-hydrogen) atoms. The summed E-state index contributed by atoms with van der Waals surface area (Å²) in [6, 6.07) is 15.3. The highest BCUT2D eigenvalue weighted by atomic mass is 35.5. The number of fused-ring (bicyclic) bond motifs is 1. The van der Waals surface area contributed by atoms with E-state index in [0.717, 1.165) is 10.8 Å². The smallest absolute Gasteiger partial charge is 0.342 e. The van der Waals surface area contributed by atoms with Gasteiger partial charge in [-0.15, -0.1) is 0 Å². The third-order valence-corrected chi connectivity index (χ3v) is 5.47. The fraction of sp³-hybridized carbons (Fsp3) is 0.0588. The van der Waals surface area contributed by atoms with Crippen LogP contribution in [0.4, 0.5) is 0 Å². The van der Waals surface area contributed by atoms with E-state index in [4.69, 9.17) is 32.1 Å². The van der Waals surface area contributed by atoms with Crippen LogP contribution in [0.5, 0.6) is 11.5 Å². The lowest BCUT2D eigenvalue weighted by molar-refractivity contribution is 0.398. The van der Waals surface area contributed by atoms with Crippen molar-refractivity contribution in [1.29, 1.82) is 0 Å². The molecule has 0 radical (unpaired) electrons. The average Bonchev–Trinajstić information content (AvgIpc) is 2.56. The second kappa shape index (κ2) is 6.51. The molecule has 0 aromatic heterocycles. The van der Waals surface area contributed by atoms with Crippen molar-refractivity contribution in [2.24, 2.45) is 0 Å². The monoisotopic (exact) mass is 382 g/mol. The highest BCUT2D eigenvalue weighted by molar-refractivity contribution is 7.87. The highest BCUT2D eigenvalue weighted by Gasteiger charge is 2.25. The van der Waals surface area contributed by atoms with Crippen molar-refractivity contribution in [1.82, 2.24) is 0 Å². The first-order valence-corrected chi connectivity index (χ1v) is 9.04. The number of halogens is 2. The maximum atomic E-state index is 12.6. The second-order valence-electron chi connectivity index (χ2n) is 4.94. The van der Waals surface area contributed by atoms with Crippen molar-refractivity contribution in [3.05, 3.63) is 64.6 Å². The van der Waals surface area contributed by atoms with Gasteiger partial charge in [0.2, 0.25) is 0 Å². The van der Waals surface area contributed by atoms with Crippen molar-refractivity contribution < 1.29 is 17.3 Å². The zero-order valence-corrected chi connectivity index (χ0v) is 14.8. The van der Waals surface area contributed by atoms with Crippen LogP contribution in [-0.2, 0) is 10.1 Å². The normalized spacial score (nSPS) is 11.5. The van der Waals surface area contributed by atoms with Crippen molar-refractivity contribution in [3.63, 3.8) is 0 Å². The number of methoxy groups -OCH3 is 1. The molecule has 0 aliphatic rings. The van der Waals surface area contributed by atoms with Crippen molar-refractivity contribution in [2.75, 3.05) is 7.11 Å². The van der Waals surface area contributed by atoms with E-state index >= 15 is 0 Å². The zero-order chi connectivity index (χ0) is 17.3. The molecule has 0 amide bonds. The number of rotatable bonds is 4. The molecule has 0 bridgehead atoms. The molecule has 4 nitrogen and oxygen atoms in total. The van der Waals surface area contributed by atoms with Gasteiger partial charge in [0.05, 0.1) is 12.1 Å². The summed E-state index contributed by atoms with van der Waals surface area (Å²) < 4.78 is 35.5. The summed E-state index contributed by atoms with van der Waals surface area (Å²) in [6.07, 6.45) is 0. The van der Waals surface area contributed by atoms with E-state index in [1.165, 1.54) is 19.2 Å². The molecule has 0 N–H and O–H groups in total. The molecule has 0 aliphatic carbocycles. The molecule has 3 aromatic rings. The number of benzene rings is 3. The van der Waals surface area contributed by atoms with Gasteiger partial charge in [-0.05, 0) is 35.0 Å². The molecule has 0 unspecified atom stereocenters. The van der Waals surface area contributed by atoms with Gasteiger partial charge in [0, 0.05) is 0 Å². The van der Waals surface area contributed by atoms with E-state index < -0.39 is 10.1 Å². The Morgan fingerprint density at radius 3 is 2.33 bits per heavy atom. The Morgan fingerprint density at radius 1 is 0.917 bits per heavy atom. The summed E-state index contributed by atoms with van der Waals surface area (Å²) in [5, 5.41) is 2.06. The second-order valence-corrected chi connectivity index (χ2v) is 7.24. The first-order valence-electron chi connectivity index (χ1n) is 6.87. The van der Waals surface area contributed by atoms with Gasteiger partial charge in [-0.1, -0.05) is 53.5 Å². The minimum atomic E-state index is -4.13. The summed E-state index contributed by atoms with van der Waals surface area (Å²) in [4.78, 5) is -0.187. The van der Waals surface area contributed by atoms with Crippen LogP contribution in [0.15, 0.2) is 59.5 Å². The van der Waals surface area contributed by atoms with Crippen LogP contribution in [0.1, 0.15) is 0 Å². The molecule has 0 atom stereocenters. The Balaban J connectivity index is 2.03. The summed E-state index contributed by atoms with van der Waals surface area (Å²) in [6.45, 7) is 0. The van der Waals surface area contributed by atoms with E-state index in [0.29, 0.717) is 0 Å². The van der Waals surface area contributed by atoms with Crippen LogP contribution in [0.3, 0.4) is 0 Å². The molecule has 0 aliphatic heterocycles. The van der Waals surface area contributed by atoms with Gasteiger partial charge in [-0.2, -0.15) is 8.42 Å². The van der Waals surface area contributed by atoms with E-state index in [2.05, 4.69) is 0 Å². The predicted octanol–water partition coefficient (Wildman–Crippen LogP) is 4.92. The van der Waals surface area contributed by atoms with Gasteiger partial charge < -0.3 is 8.92 Å². The van der Waals surface area contributed by atoms with Gasteiger partial charge in [-0.25, -0.2) is 0 Å². The standard InChI is InChI=1S/C17H12Cl2O4S/c1-22-17-15(9-8-14(18)16(17)19)24(20,21)23-13-7-6-11-4-2-3-5-12(11)10-13/h2-10H,1H3. The highest BCUT2D eigenvalue weighted by Crippen LogP contribution is 2.38. The third-order valence-electron chi connectivity index (χ3n) is 3.41. The fourth-order valence-electron chi connectivity index (χ4n) is 2.29. The van der Waals surface area contributed by atoms with Crippen LogP contribution in [0, 0.1) is 0 Å². The molecule has 7 heteroatoms. The lowest BCUT2D eigenvalue weighted by Gasteiger charge is -2.13. The molecule has 0 saturated carbocycles. The minimum absolute atomic E-state index is 0.0161. The first-order chi connectivity index (χ1) is 11.4. The van der Waals surface area contributed by atoms with Gasteiger partial charge in [-0.3, -0.25) is 0 Å². The molecular weight excluding hydrogens is 371 g/mol. The molecule has 0 heterocycles. The Labute approximate surface area is 149 Å². The van der Waals surface area contributed by atoms with Gasteiger partial charge in [0.25, 0.3) is 0 Å². The molecule has 124 valence electrons. The summed E-state index contributed by atoms with van der Waals surface area (Å²) >= 11 is 11.9. The Kier molecular flexibility index (Phi) is 4.58. The van der Waals surface area contributed by atoms with Gasteiger partial charge >= 0.3 is 10.1 Å². The topological polar surface area (TPSA) is 52.6 Å². The van der Waals surface area contributed by atoms with E-state index in [-0.39, 0.29) is 26.4 Å². The molecule has 0 spiro atoms. The number of hydrogen-bond acceptors (Lipinski definition) is 4. The van der Waals surface area contributed by atoms with Crippen LogP contribution in [0.2, 0.25) is 10.0 Å². The van der Waals surface area contributed by atoms with Crippen molar-refractivity contribution >= 4 is 44.1 Å². The quantitative estimate of drug-likeness (QED) is 0.600. The molecule has 0 fully saturated rings. The van der Waals surface area contributed by atoms with Crippen LogP contribution >= 0.6 is 23.2 Å². The van der Waals surface area contributed by atoms with Gasteiger partial charge in [0.15, 0.2) is 5.75 Å². The van der Waals surface area contributed by atoms with Crippen molar-refractivity contribution in [3.8, 4) is 11.5 Å². The molecule has 0 saturated heterocycles. The maximum Gasteiger partial charge on any atom is 0.342 e. The van der Waals surface area contributed by atoms with E-state index in [9.17, 15) is 8.42 Å². The Bertz CT molecular complexity index is 1020. The number of hydrogen-bond donors (Lipinski definition) is 0. The lowest BCUT2D eigenvalue weighted by Crippen LogP contribution is -2.11. The first kappa shape index (κ1) is 16.9. The third kappa shape index (κ3) is 3.15. The van der Waals surface area contributed by atoms with Crippen LogP contribution in [-0.4, -0.2) is 15.5 Å². The summed E-state index contributed by atoms with van der Waals surface area (Å²) in [5.41, 5.74) is 0. The Morgan fingerprint density at radius 2 is 1.62 bits per heavy atom. The maximum absolute atomic E-state index is 12.6. The molecule has 3 rings (SSSR count). The van der Waals surface area contributed by atoms with E-state index in [1.54, 1.807) is 18.2 Å². The van der Waals surface area contributed by atoms with Gasteiger partial charge in [0.1, 0.15) is 15.7 Å². The average molecular weight is 383 g/mol. The number of ether oxygens (including phenoxy) is 1. The van der Waals surface area contributed by atoms with Crippen LogP contribution in [0.25, 0.3) is 10.8 Å². The molecule has 3 aromatic carbocycles. The van der Waals surface area contributed by atoms with E-state index in [1.807, 2.05) is 24.3 Å². The lowest BCUT2D eigenvalue weighted by atomic mass is 10.1. The minimum Gasteiger partial charge on any atom is -0.494 e.